The third-order valence-corrected chi connectivity index (χ3v) is 4.46. The Labute approximate surface area is 164 Å². The van der Waals surface area contributed by atoms with Crippen molar-refractivity contribution >= 4 is 23.4 Å². The van der Waals surface area contributed by atoms with Gasteiger partial charge in [0.25, 0.3) is 5.91 Å². The second-order valence-electron chi connectivity index (χ2n) is 5.92. The average molecular weight is 391 g/mol. The molecule has 0 aromatic heterocycles. The Kier molecular flexibility index (Phi) is 7.49. The predicted molar refractivity (Wildman–Crippen MR) is 105 cm³/mol. The summed E-state index contributed by atoms with van der Waals surface area (Å²) in [5, 5.41) is 2.95. The van der Waals surface area contributed by atoms with Crippen LogP contribution in [0.3, 0.4) is 0 Å². The molecule has 0 saturated carbocycles. The maximum absolute atomic E-state index is 12.2. The molecule has 144 valence electrons. The van der Waals surface area contributed by atoms with Crippen molar-refractivity contribution in [1.82, 2.24) is 10.2 Å². The molecule has 0 spiro atoms. The predicted octanol–water partition coefficient (Wildman–Crippen LogP) is 2.79. The summed E-state index contributed by atoms with van der Waals surface area (Å²) in [5.41, 5.74) is 1.37. The van der Waals surface area contributed by atoms with Crippen LogP contribution in [-0.4, -0.2) is 51.1 Å². The fourth-order valence-electron chi connectivity index (χ4n) is 2.49. The van der Waals surface area contributed by atoms with Crippen molar-refractivity contribution in [2.75, 3.05) is 34.4 Å². The molecular weight excluding hydrogens is 368 g/mol. The number of benzene rings is 2. The molecule has 27 heavy (non-hydrogen) atoms. The number of nitrogens with one attached hydrogen (secondary N) is 1. The molecule has 0 radical (unpaired) electrons. The molecule has 2 rings (SSSR count). The quantitative estimate of drug-likeness (QED) is 0.752. The van der Waals surface area contributed by atoms with Gasteiger partial charge in [-0.25, -0.2) is 0 Å². The first kappa shape index (κ1) is 20.6. The van der Waals surface area contributed by atoms with E-state index < -0.39 is 0 Å². The van der Waals surface area contributed by atoms with Crippen LogP contribution in [0.2, 0.25) is 5.02 Å². The number of nitrogens with zero attached hydrogens (tertiary/aromatic N) is 1. The van der Waals surface area contributed by atoms with E-state index in [9.17, 15) is 9.59 Å². The Morgan fingerprint density at radius 3 is 2.44 bits per heavy atom. The van der Waals surface area contributed by atoms with Gasteiger partial charge in [0.2, 0.25) is 5.91 Å². The van der Waals surface area contributed by atoms with Gasteiger partial charge in [0.1, 0.15) is 0 Å². The van der Waals surface area contributed by atoms with Gasteiger partial charge in [-0.2, -0.15) is 0 Å². The molecular formula is C20H23ClN2O4. The minimum Gasteiger partial charge on any atom is -0.493 e. The standard InChI is InChI=1S/C20H23ClN2O4/c1-23(11-10-14-8-9-17(26-2)18(12-14)27-3)19(24)13-22-20(25)15-6-4-5-7-16(15)21/h4-9,12H,10-11,13H2,1-3H3,(H,22,25). The van der Waals surface area contributed by atoms with Crippen LogP contribution in [0.25, 0.3) is 0 Å². The molecule has 0 bridgehead atoms. The summed E-state index contributed by atoms with van der Waals surface area (Å²) in [7, 11) is 4.87. The van der Waals surface area contributed by atoms with E-state index >= 15 is 0 Å². The zero-order chi connectivity index (χ0) is 19.8. The second-order valence-corrected chi connectivity index (χ2v) is 6.32. The molecule has 0 aliphatic carbocycles. The molecule has 2 aromatic rings. The lowest BCUT2D eigenvalue weighted by atomic mass is 10.1. The van der Waals surface area contributed by atoms with E-state index in [1.54, 1.807) is 50.4 Å². The van der Waals surface area contributed by atoms with Crippen molar-refractivity contribution in [3.8, 4) is 11.5 Å². The third kappa shape index (κ3) is 5.62. The van der Waals surface area contributed by atoms with E-state index in [0.717, 1.165) is 5.56 Å². The van der Waals surface area contributed by atoms with Crippen molar-refractivity contribution in [2.24, 2.45) is 0 Å². The SMILES string of the molecule is COc1ccc(CCN(C)C(=O)CNC(=O)c2ccccc2Cl)cc1OC. The molecule has 0 saturated heterocycles. The van der Waals surface area contributed by atoms with E-state index in [2.05, 4.69) is 5.32 Å². The highest BCUT2D eigenvalue weighted by Gasteiger charge is 2.14. The molecule has 0 aliphatic rings. The highest BCUT2D eigenvalue weighted by molar-refractivity contribution is 6.33. The van der Waals surface area contributed by atoms with Crippen LogP contribution in [0.5, 0.6) is 11.5 Å². The summed E-state index contributed by atoms with van der Waals surface area (Å²) in [5.74, 6) is 0.752. The summed E-state index contributed by atoms with van der Waals surface area (Å²) in [6.07, 6.45) is 0.654. The van der Waals surface area contributed by atoms with E-state index in [0.29, 0.717) is 35.1 Å². The highest BCUT2D eigenvalue weighted by atomic mass is 35.5. The highest BCUT2D eigenvalue weighted by Crippen LogP contribution is 2.27. The monoisotopic (exact) mass is 390 g/mol. The van der Waals surface area contributed by atoms with Gasteiger partial charge < -0.3 is 19.7 Å². The summed E-state index contributed by atoms with van der Waals surface area (Å²) >= 11 is 5.99. The number of carbonyl (C=O) groups is 2. The van der Waals surface area contributed by atoms with Crippen LogP contribution in [0.4, 0.5) is 0 Å². The smallest absolute Gasteiger partial charge is 0.253 e. The average Bonchev–Trinajstić information content (AvgIpc) is 2.69. The van der Waals surface area contributed by atoms with Crippen LogP contribution in [0, 0.1) is 0 Å². The first-order chi connectivity index (χ1) is 13.0. The van der Waals surface area contributed by atoms with Gasteiger partial charge in [0.15, 0.2) is 11.5 Å². The molecule has 7 heteroatoms. The molecule has 2 amide bonds. The van der Waals surface area contributed by atoms with Crippen molar-refractivity contribution < 1.29 is 19.1 Å². The van der Waals surface area contributed by atoms with Crippen molar-refractivity contribution in [1.29, 1.82) is 0 Å². The Morgan fingerprint density at radius 2 is 1.78 bits per heavy atom. The lowest BCUT2D eigenvalue weighted by molar-refractivity contribution is -0.128. The minimum absolute atomic E-state index is 0.0908. The topological polar surface area (TPSA) is 67.9 Å². The van der Waals surface area contributed by atoms with Crippen LogP contribution >= 0.6 is 11.6 Å². The minimum atomic E-state index is -0.373. The number of likely N-dealkylation sites (N-methyl/N-ethyl adjacent to an activating group) is 1. The first-order valence-corrected chi connectivity index (χ1v) is 8.81. The Bertz CT molecular complexity index is 810. The number of amides is 2. The van der Waals surface area contributed by atoms with E-state index in [-0.39, 0.29) is 18.4 Å². The van der Waals surface area contributed by atoms with Crippen LogP contribution in [-0.2, 0) is 11.2 Å². The molecule has 0 atom stereocenters. The Balaban J connectivity index is 1.85. The zero-order valence-corrected chi connectivity index (χ0v) is 16.4. The van der Waals surface area contributed by atoms with Gasteiger partial charge in [-0.3, -0.25) is 9.59 Å². The van der Waals surface area contributed by atoms with Crippen molar-refractivity contribution in [3.63, 3.8) is 0 Å². The number of ether oxygens (including phenoxy) is 2. The van der Waals surface area contributed by atoms with Crippen LogP contribution in [0.1, 0.15) is 15.9 Å². The molecule has 0 aliphatic heterocycles. The lowest BCUT2D eigenvalue weighted by Crippen LogP contribution is -2.39. The number of rotatable bonds is 8. The largest absolute Gasteiger partial charge is 0.493 e. The first-order valence-electron chi connectivity index (χ1n) is 8.44. The summed E-state index contributed by atoms with van der Waals surface area (Å²) in [6, 6.07) is 12.4. The van der Waals surface area contributed by atoms with Crippen LogP contribution in [0.15, 0.2) is 42.5 Å². The number of halogens is 1. The Morgan fingerprint density at radius 1 is 1.07 bits per heavy atom. The van der Waals surface area contributed by atoms with Crippen molar-refractivity contribution in [2.45, 2.75) is 6.42 Å². The van der Waals surface area contributed by atoms with Gasteiger partial charge >= 0.3 is 0 Å². The molecule has 1 N–H and O–H groups in total. The number of hydrogen-bond donors (Lipinski definition) is 1. The molecule has 2 aromatic carbocycles. The third-order valence-electron chi connectivity index (χ3n) is 4.13. The number of hydrogen-bond acceptors (Lipinski definition) is 4. The number of carbonyl (C=O) groups excluding carboxylic acids is 2. The normalized spacial score (nSPS) is 10.2. The second kappa shape index (κ2) is 9.83. The van der Waals surface area contributed by atoms with Crippen LogP contribution < -0.4 is 14.8 Å². The lowest BCUT2D eigenvalue weighted by Gasteiger charge is -2.18. The van der Waals surface area contributed by atoms with E-state index in [1.165, 1.54) is 0 Å². The fraction of sp³-hybridized carbons (Fsp3) is 0.300. The van der Waals surface area contributed by atoms with E-state index in [1.807, 2.05) is 18.2 Å². The molecule has 0 unspecified atom stereocenters. The summed E-state index contributed by atoms with van der Waals surface area (Å²) in [4.78, 5) is 25.9. The fourth-order valence-corrected chi connectivity index (χ4v) is 2.71. The molecule has 0 fully saturated rings. The van der Waals surface area contributed by atoms with Gasteiger partial charge in [-0.15, -0.1) is 0 Å². The zero-order valence-electron chi connectivity index (χ0n) is 15.6. The maximum Gasteiger partial charge on any atom is 0.253 e. The summed E-state index contributed by atoms with van der Waals surface area (Å²) < 4.78 is 10.5. The van der Waals surface area contributed by atoms with Gasteiger partial charge in [0.05, 0.1) is 31.4 Å². The maximum atomic E-state index is 12.2. The number of methoxy groups -OCH3 is 2. The van der Waals surface area contributed by atoms with Gasteiger partial charge in [-0.05, 0) is 36.2 Å². The van der Waals surface area contributed by atoms with Crippen molar-refractivity contribution in [3.05, 3.63) is 58.6 Å². The molecule has 0 heterocycles. The summed E-state index contributed by atoms with van der Waals surface area (Å²) in [6.45, 7) is 0.419. The molecule has 6 nitrogen and oxygen atoms in total. The van der Waals surface area contributed by atoms with E-state index in [4.69, 9.17) is 21.1 Å². The van der Waals surface area contributed by atoms with Gasteiger partial charge in [-0.1, -0.05) is 29.8 Å². The Hall–Kier alpha value is -2.73. The van der Waals surface area contributed by atoms with Gasteiger partial charge in [0, 0.05) is 13.6 Å².